The van der Waals surface area contributed by atoms with E-state index in [0.717, 1.165) is 23.4 Å². The van der Waals surface area contributed by atoms with Gasteiger partial charge in [0.05, 0.1) is 12.1 Å². The van der Waals surface area contributed by atoms with E-state index in [9.17, 15) is 13.9 Å². The van der Waals surface area contributed by atoms with Gasteiger partial charge >= 0.3 is 0 Å². The standard InChI is InChI=1S/C15H15F2NOS/c16-12-6-7-14(13(17)8-12)20-10-15(18,9-19)11-4-2-1-3-5-11/h1-8,19H,9-10,18H2. The van der Waals surface area contributed by atoms with Gasteiger partial charge in [-0.3, -0.25) is 0 Å². The van der Waals surface area contributed by atoms with E-state index in [1.54, 1.807) is 0 Å². The zero-order chi connectivity index (χ0) is 14.6. The number of thioether (sulfide) groups is 1. The zero-order valence-electron chi connectivity index (χ0n) is 10.7. The maximum Gasteiger partial charge on any atom is 0.139 e. The molecular weight excluding hydrogens is 280 g/mol. The minimum Gasteiger partial charge on any atom is -0.394 e. The second-order valence-electron chi connectivity index (χ2n) is 4.54. The topological polar surface area (TPSA) is 46.2 Å². The van der Waals surface area contributed by atoms with Gasteiger partial charge in [-0.15, -0.1) is 11.8 Å². The number of halogens is 2. The fourth-order valence-electron chi connectivity index (χ4n) is 1.79. The lowest BCUT2D eigenvalue weighted by atomic mass is 9.94. The van der Waals surface area contributed by atoms with Crippen LogP contribution >= 0.6 is 11.8 Å². The Kier molecular flexibility index (Phi) is 4.75. The molecule has 0 aliphatic carbocycles. The number of benzene rings is 2. The number of hydrogen-bond donors (Lipinski definition) is 2. The van der Waals surface area contributed by atoms with Gasteiger partial charge in [-0.05, 0) is 17.7 Å². The molecule has 2 rings (SSSR count). The van der Waals surface area contributed by atoms with Crippen LogP contribution in [0, 0.1) is 11.6 Å². The van der Waals surface area contributed by atoms with Crippen molar-refractivity contribution in [1.29, 1.82) is 0 Å². The number of aliphatic hydroxyl groups excluding tert-OH is 1. The Morgan fingerprint density at radius 1 is 1.10 bits per heavy atom. The molecule has 0 amide bonds. The number of aliphatic hydroxyl groups is 1. The van der Waals surface area contributed by atoms with Gasteiger partial charge in [-0.2, -0.15) is 0 Å². The molecule has 0 bridgehead atoms. The number of nitrogens with two attached hydrogens (primary N) is 1. The second-order valence-corrected chi connectivity index (χ2v) is 5.56. The lowest BCUT2D eigenvalue weighted by molar-refractivity contribution is 0.213. The summed E-state index contributed by atoms with van der Waals surface area (Å²) in [5.41, 5.74) is 5.99. The normalized spacial score (nSPS) is 14.0. The van der Waals surface area contributed by atoms with Gasteiger partial charge in [0.15, 0.2) is 0 Å². The third-order valence-corrected chi connectivity index (χ3v) is 4.31. The highest BCUT2D eigenvalue weighted by Crippen LogP contribution is 2.29. The van der Waals surface area contributed by atoms with Gasteiger partial charge in [-0.1, -0.05) is 30.3 Å². The second kappa shape index (κ2) is 6.35. The van der Waals surface area contributed by atoms with Crippen LogP contribution < -0.4 is 5.73 Å². The molecular formula is C15H15F2NOS. The van der Waals surface area contributed by atoms with E-state index in [1.807, 2.05) is 30.3 Å². The Balaban J connectivity index is 2.15. The quantitative estimate of drug-likeness (QED) is 0.834. The molecule has 0 aromatic heterocycles. The van der Waals surface area contributed by atoms with Crippen molar-refractivity contribution in [2.45, 2.75) is 10.4 Å². The molecule has 0 aliphatic heterocycles. The van der Waals surface area contributed by atoms with Crippen molar-refractivity contribution in [2.75, 3.05) is 12.4 Å². The van der Waals surface area contributed by atoms with Gasteiger partial charge in [0.25, 0.3) is 0 Å². The van der Waals surface area contributed by atoms with Crippen LogP contribution in [0.5, 0.6) is 0 Å². The van der Waals surface area contributed by atoms with E-state index in [-0.39, 0.29) is 12.4 Å². The van der Waals surface area contributed by atoms with Crippen LogP contribution in [0.15, 0.2) is 53.4 Å². The van der Waals surface area contributed by atoms with Crippen molar-refractivity contribution >= 4 is 11.8 Å². The van der Waals surface area contributed by atoms with E-state index in [4.69, 9.17) is 5.73 Å². The first-order valence-electron chi connectivity index (χ1n) is 6.08. The molecule has 2 aromatic carbocycles. The molecule has 0 fully saturated rings. The van der Waals surface area contributed by atoms with Gasteiger partial charge in [-0.25, -0.2) is 8.78 Å². The lowest BCUT2D eigenvalue weighted by Gasteiger charge is -2.27. The molecule has 0 spiro atoms. The summed E-state index contributed by atoms with van der Waals surface area (Å²) in [5, 5.41) is 9.54. The molecule has 20 heavy (non-hydrogen) atoms. The molecule has 0 heterocycles. The molecule has 0 radical (unpaired) electrons. The van der Waals surface area contributed by atoms with Crippen molar-refractivity contribution in [3.63, 3.8) is 0 Å². The first-order valence-corrected chi connectivity index (χ1v) is 7.07. The molecule has 0 saturated heterocycles. The summed E-state index contributed by atoms with van der Waals surface area (Å²) < 4.78 is 26.4. The number of rotatable bonds is 5. The van der Waals surface area contributed by atoms with Crippen molar-refractivity contribution in [3.8, 4) is 0 Å². The van der Waals surface area contributed by atoms with Crippen LogP contribution in [0.4, 0.5) is 8.78 Å². The fraction of sp³-hybridized carbons (Fsp3) is 0.200. The maximum absolute atomic E-state index is 13.6. The Morgan fingerprint density at radius 3 is 2.40 bits per heavy atom. The van der Waals surface area contributed by atoms with Gasteiger partial charge in [0, 0.05) is 16.7 Å². The van der Waals surface area contributed by atoms with E-state index >= 15 is 0 Å². The van der Waals surface area contributed by atoms with Crippen LogP contribution in [0.2, 0.25) is 0 Å². The average Bonchev–Trinajstić information content (AvgIpc) is 2.47. The molecule has 3 N–H and O–H groups in total. The fourth-order valence-corrected chi connectivity index (χ4v) is 2.82. The van der Waals surface area contributed by atoms with Crippen molar-refractivity contribution in [3.05, 3.63) is 65.7 Å². The first kappa shape index (κ1) is 15.0. The summed E-state index contributed by atoms with van der Waals surface area (Å²) in [5.74, 6) is -0.949. The lowest BCUT2D eigenvalue weighted by Crippen LogP contribution is -2.43. The Labute approximate surface area is 120 Å². The van der Waals surface area contributed by atoms with E-state index in [2.05, 4.69) is 0 Å². The average molecular weight is 295 g/mol. The van der Waals surface area contributed by atoms with Crippen LogP contribution in [0.3, 0.4) is 0 Å². The SMILES string of the molecule is NC(CO)(CSc1ccc(F)cc1F)c1ccccc1. The van der Waals surface area contributed by atoms with Crippen LogP contribution in [0.1, 0.15) is 5.56 Å². The molecule has 5 heteroatoms. The summed E-state index contributed by atoms with van der Waals surface area (Å²) >= 11 is 1.16. The third-order valence-electron chi connectivity index (χ3n) is 3.01. The van der Waals surface area contributed by atoms with E-state index in [1.165, 1.54) is 12.1 Å². The van der Waals surface area contributed by atoms with Crippen molar-refractivity contribution in [1.82, 2.24) is 0 Å². The minimum atomic E-state index is -0.966. The maximum atomic E-state index is 13.6. The van der Waals surface area contributed by atoms with Gasteiger partial charge in [0.2, 0.25) is 0 Å². The third kappa shape index (κ3) is 3.36. The molecule has 2 aromatic rings. The molecule has 0 aliphatic rings. The highest BCUT2D eigenvalue weighted by Gasteiger charge is 2.27. The molecule has 106 valence electrons. The minimum absolute atomic E-state index is 0.257. The van der Waals surface area contributed by atoms with Crippen LogP contribution in [-0.4, -0.2) is 17.5 Å². The smallest absolute Gasteiger partial charge is 0.139 e. The molecule has 1 unspecified atom stereocenters. The van der Waals surface area contributed by atoms with Gasteiger partial charge < -0.3 is 10.8 Å². The summed E-state index contributed by atoms with van der Waals surface area (Å²) in [4.78, 5) is 0.311. The van der Waals surface area contributed by atoms with Crippen molar-refractivity contribution in [2.24, 2.45) is 5.73 Å². The Morgan fingerprint density at radius 2 is 1.80 bits per heavy atom. The van der Waals surface area contributed by atoms with Gasteiger partial charge in [0.1, 0.15) is 11.6 Å². The summed E-state index contributed by atoms with van der Waals surface area (Å²) in [6, 6.07) is 12.6. The van der Waals surface area contributed by atoms with E-state index in [0.29, 0.717) is 4.90 Å². The largest absolute Gasteiger partial charge is 0.394 e. The Hall–Kier alpha value is -1.43. The van der Waals surface area contributed by atoms with Crippen LogP contribution in [-0.2, 0) is 5.54 Å². The Bertz CT molecular complexity index is 579. The highest BCUT2D eigenvalue weighted by atomic mass is 32.2. The summed E-state index contributed by atoms with van der Waals surface area (Å²) in [6.45, 7) is -0.257. The van der Waals surface area contributed by atoms with Crippen LogP contribution in [0.25, 0.3) is 0 Å². The molecule has 2 nitrogen and oxygen atoms in total. The summed E-state index contributed by atoms with van der Waals surface area (Å²) in [6.07, 6.45) is 0. The predicted octanol–water partition coefficient (Wildman–Crippen LogP) is 2.90. The van der Waals surface area contributed by atoms with E-state index < -0.39 is 17.2 Å². The molecule has 0 saturated carbocycles. The predicted molar refractivity (Wildman–Crippen MR) is 76.5 cm³/mol. The zero-order valence-corrected chi connectivity index (χ0v) is 11.5. The first-order chi connectivity index (χ1) is 9.55. The monoisotopic (exact) mass is 295 g/mol. The summed E-state index contributed by atoms with van der Waals surface area (Å²) in [7, 11) is 0. The number of hydrogen-bond acceptors (Lipinski definition) is 3. The van der Waals surface area contributed by atoms with Crippen molar-refractivity contribution < 1.29 is 13.9 Å². The molecule has 1 atom stereocenters. The highest BCUT2D eigenvalue weighted by molar-refractivity contribution is 7.99.